The van der Waals surface area contributed by atoms with Crippen molar-refractivity contribution in [1.29, 1.82) is 0 Å². The van der Waals surface area contributed by atoms with Crippen LogP contribution in [0.5, 0.6) is 0 Å². The van der Waals surface area contributed by atoms with Gasteiger partial charge in [0.2, 0.25) is 0 Å². The predicted molar refractivity (Wildman–Crippen MR) is 71.8 cm³/mol. The molecular formula is C14H15N3O2. The molecule has 0 aliphatic carbocycles. The van der Waals surface area contributed by atoms with Crippen molar-refractivity contribution in [3.63, 3.8) is 0 Å². The zero-order chi connectivity index (χ0) is 13.7. The number of nitrogens with zero attached hydrogens (tertiary/aromatic N) is 3. The van der Waals surface area contributed by atoms with Gasteiger partial charge in [0, 0.05) is 18.3 Å². The van der Waals surface area contributed by atoms with Crippen LogP contribution in [0.25, 0.3) is 11.3 Å². The number of aromatic carboxylic acids is 1. The van der Waals surface area contributed by atoms with Crippen molar-refractivity contribution in [1.82, 2.24) is 14.8 Å². The van der Waals surface area contributed by atoms with Gasteiger partial charge in [-0.1, -0.05) is 12.1 Å². The Balaban J connectivity index is 2.15. The molecule has 98 valence electrons. The number of hydrogen-bond donors (Lipinski definition) is 1. The summed E-state index contributed by atoms with van der Waals surface area (Å²) in [6.07, 6.45) is 7.37. The zero-order valence-electron chi connectivity index (χ0n) is 10.5. The molecule has 2 aromatic heterocycles. The van der Waals surface area contributed by atoms with Gasteiger partial charge in [-0.05, 0) is 25.0 Å². The van der Waals surface area contributed by atoms with E-state index < -0.39 is 5.97 Å². The van der Waals surface area contributed by atoms with Gasteiger partial charge in [-0.25, -0.2) is 9.78 Å². The Morgan fingerprint density at radius 2 is 2.32 bits per heavy atom. The first kappa shape index (κ1) is 13.0. The first-order valence-corrected chi connectivity index (χ1v) is 6.05. The van der Waals surface area contributed by atoms with Crippen LogP contribution in [0.1, 0.15) is 23.3 Å². The summed E-state index contributed by atoms with van der Waals surface area (Å²) >= 11 is 0. The summed E-state index contributed by atoms with van der Waals surface area (Å²) in [6, 6.07) is 4.93. The van der Waals surface area contributed by atoms with Crippen molar-refractivity contribution in [2.75, 3.05) is 0 Å². The third-order valence-corrected chi connectivity index (χ3v) is 2.69. The molecule has 2 aromatic rings. The molecule has 2 heterocycles. The van der Waals surface area contributed by atoms with Crippen LogP contribution < -0.4 is 0 Å². The summed E-state index contributed by atoms with van der Waals surface area (Å²) < 4.78 is 1.83. The maximum atomic E-state index is 10.9. The van der Waals surface area contributed by atoms with Crippen LogP contribution in [0.4, 0.5) is 0 Å². The van der Waals surface area contributed by atoms with E-state index in [-0.39, 0.29) is 5.69 Å². The molecule has 0 aliphatic heterocycles. The fraction of sp³-hybridized carbons (Fsp3) is 0.214. The molecule has 0 radical (unpaired) electrons. The van der Waals surface area contributed by atoms with Crippen LogP contribution in [0, 0.1) is 0 Å². The smallest absolute Gasteiger partial charge is 0.354 e. The Hall–Kier alpha value is -2.43. The van der Waals surface area contributed by atoms with E-state index in [0.29, 0.717) is 5.69 Å². The molecule has 0 amide bonds. The normalized spacial score (nSPS) is 10.3. The fourth-order valence-corrected chi connectivity index (χ4v) is 1.73. The highest BCUT2D eigenvalue weighted by molar-refractivity contribution is 5.86. The van der Waals surface area contributed by atoms with E-state index in [0.717, 1.165) is 24.9 Å². The largest absolute Gasteiger partial charge is 0.477 e. The van der Waals surface area contributed by atoms with Gasteiger partial charge in [0.05, 0.1) is 11.9 Å². The number of carboxylic acid groups (broad SMARTS) is 1. The summed E-state index contributed by atoms with van der Waals surface area (Å²) in [5.41, 5.74) is 1.48. The Bertz CT molecular complexity index is 590. The highest BCUT2D eigenvalue weighted by Gasteiger charge is 2.08. The second-order valence-electron chi connectivity index (χ2n) is 4.14. The monoisotopic (exact) mass is 257 g/mol. The second-order valence-corrected chi connectivity index (χ2v) is 4.14. The SMILES string of the molecule is C=CCCCn1cc(-c2cccc(C(=O)O)n2)cn1. The molecule has 0 spiro atoms. The molecule has 5 nitrogen and oxygen atoms in total. The molecule has 0 bridgehead atoms. The fourth-order valence-electron chi connectivity index (χ4n) is 1.73. The zero-order valence-corrected chi connectivity index (χ0v) is 10.5. The van der Waals surface area contributed by atoms with E-state index in [2.05, 4.69) is 16.7 Å². The van der Waals surface area contributed by atoms with Crippen LogP contribution in [0.15, 0.2) is 43.2 Å². The van der Waals surface area contributed by atoms with Crippen LogP contribution in [0.3, 0.4) is 0 Å². The van der Waals surface area contributed by atoms with E-state index in [4.69, 9.17) is 5.11 Å². The second kappa shape index (κ2) is 5.95. The van der Waals surface area contributed by atoms with Crippen molar-refractivity contribution in [2.45, 2.75) is 19.4 Å². The third-order valence-electron chi connectivity index (χ3n) is 2.69. The molecular weight excluding hydrogens is 242 g/mol. The predicted octanol–water partition coefficient (Wildman–Crippen LogP) is 2.61. The average Bonchev–Trinajstić information content (AvgIpc) is 2.88. The van der Waals surface area contributed by atoms with Gasteiger partial charge in [0.15, 0.2) is 0 Å². The molecule has 5 heteroatoms. The van der Waals surface area contributed by atoms with E-state index >= 15 is 0 Å². The Kier molecular flexibility index (Phi) is 4.07. The maximum absolute atomic E-state index is 10.9. The highest BCUT2D eigenvalue weighted by atomic mass is 16.4. The summed E-state index contributed by atoms with van der Waals surface area (Å²) in [5, 5.41) is 13.1. The van der Waals surface area contributed by atoms with Crippen LogP contribution in [-0.4, -0.2) is 25.8 Å². The Labute approximate surface area is 111 Å². The first-order chi connectivity index (χ1) is 9.20. The topological polar surface area (TPSA) is 68.0 Å². The molecule has 0 aliphatic rings. The first-order valence-electron chi connectivity index (χ1n) is 6.05. The molecule has 19 heavy (non-hydrogen) atoms. The van der Waals surface area contributed by atoms with E-state index in [1.807, 2.05) is 17.0 Å². The number of rotatable bonds is 6. The van der Waals surface area contributed by atoms with E-state index in [1.54, 1.807) is 18.3 Å². The van der Waals surface area contributed by atoms with Crippen molar-refractivity contribution >= 4 is 5.97 Å². The van der Waals surface area contributed by atoms with Crippen molar-refractivity contribution in [2.24, 2.45) is 0 Å². The Morgan fingerprint density at radius 1 is 1.47 bits per heavy atom. The van der Waals surface area contributed by atoms with Gasteiger partial charge >= 0.3 is 5.97 Å². The molecule has 2 rings (SSSR count). The molecule has 0 saturated heterocycles. The molecule has 1 N–H and O–H groups in total. The lowest BCUT2D eigenvalue weighted by molar-refractivity contribution is 0.0690. The summed E-state index contributed by atoms with van der Waals surface area (Å²) in [7, 11) is 0. The molecule has 0 fully saturated rings. The van der Waals surface area contributed by atoms with Crippen molar-refractivity contribution in [3.05, 3.63) is 48.9 Å². The standard InChI is InChI=1S/C14H15N3O2/c1-2-3-4-8-17-10-11(9-15-17)12-6-5-7-13(16-12)14(18)19/h2,5-7,9-10H,1,3-4,8H2,(H,18,19). The average molecular weight is 257 g/mol. The summed E-state index contributed by atoms with van der Waals surface area (Å²) in [6.45, 7) is 4.49. The minimum absolute atomic E-state index is 0.0388. The number of hydrogen-bond acceptors (Lipinski definition) is 3. The van der Waals surface area contributed by atoms with Crippen LogP contribution in [0.2, 0.25) is 0 Å². The van der Waals surface area contributed by atoms with E-state index in [1.165, 1.54) is 6.07 Å². The number of allylic oxidation sites excluding steroid dienone is 1. The number of unbranched alkanes of at least 4 members (excludes halogenated alkanes) is 1. The van der Waals surface area contributed by atoms with Gasteiger partial charge in [-0.15, -0.1) is 6.58 Å². The molecule has 0 atom stereocenters. The number of aromatic nitrogens is 3. The lowest BCUT2D eigenvalue weighted by atomic mass is 10.2. The lowest BCUT2D eigenvalue weighted by Crippen LogP contribution is -2.00. The molecule has 0 aromatic carbocycles. The van der Waals surface area contributed by atoms with Crippen LogP contribution in [-0.2, 0) is 6.54 Å². The Morgan fingerprint density at radius 3 is 3.05 bits per heavy atom. The summed E-state index contributed by atoms with van der Waals surface area (Å²) in [5.74, 6) is -1.03. The molecule has 0 unspecified atom stereocenters. The third kappa shape index (κ3) is 3.28. The number of pyridine rings is 1. The maximum Gasteiger partial charge on any atom is 0.354 e. The minimum atomic E-state index is -1.03. The lowest BCUT2D eigenvalue weighted by Gasteiger charge is -1.99. The molecule has 0 saturated carbocycles. The number of carbonyl (C=O) groups is 1. The quantitative estimate of drug-likeness (QED) is 0.638. The van der Waals surface area contributed by atoms with Gasteiger partial charge in [0.25, 0.3) is 0 Å². The van der Waals surface area contributed by atoms with Crippen molar-refractivity contribution < 1.29 is 9.90 Å². The minimum Gasteiger partial charge on any atom is -0.477 e. The van der Waals surface area contributed by atoms with Crippen molar-refractivity contribution in [3.8, 4) is 11.3 Å². The van der Waals surface area contributed by atoms with Gasteiger partial charge < -0.3 is 5.11 Å². The van der Waals surface area contributed by atoms with Gasteiger partial charge in [0.1, 0.15) is 5.69 Å². The van der Waals surface area contributed by atoms with Gasteiger partial charge in [-0.3, -0.25) is 4.68 Å². The number of aryl methyl sites for hydroxylation is 1. The van der Waals surface area contributed by atoms with Gasteiger partial charge in [-0.2, -0.15) is 5.10 Å². The highest BCUT2D eigenvalue weighted by Crippen LogP contribution is 2.16. The van der Waals surface area contributed by atoms with Crippen LogP contribution >= 0.6 is 0 Å². The number of carboxylic acids is 1. The van der Waals surface area contributed by atoms with E-state index in [9.17, 15) is 4.79 Å². The summed E-state index contributed by atoms with van der Waals surface area (Å²) in [4.78, 5) is 15.0.